The minimum Gasteiger partial charge on any atom is -1.00 e. The molecule has 0 aliphatic carbocycles. The van der Waals surface area contributed by atoms with Crippen LogP contribution in [0.25, 0.3) is 0 Å². The molecule has 16 valence electrons. The Balaban J connectivity index is 0. The Kier molecular flexibility index (Phi) is 96.3. The van der Waals surface area contributed by atoms with Gasteiger partial charge in [-0.15, -0.1) is 0 Å². The van der Waals surface area contributed by atoms with Crippen molar-refractivity contribution in [1.82, 2.24) is 0 Å². The van der Waals surface area contributed by atoms with Gasteiger partial charge in [-0.3, -0.25) is 0 Å². The molecule has 0 saturated carbocycles. The van der Waals surface area contributed by atoms with E-state index < -0.39 is 0 Å². The van der Waals surface area contributed by atoms with Gasteiger partial charge in [0.1, 0.15) is 0 Å². The molecular formula is CdI2K+. The van der Waals surface area contributed by atoms with Crippen molar-refractivity contribution in [2.75, 3.05) is 0 Å². The first-order valence-electron chi connectivity index (χ1n) is 0. The van der Waals surface area contributed by atoms with E-state index in [0.717, 1.165) is 0 Å². The van der Waals surface area contributed by atoms with E-state index in [9.17, 15) is 0 Å². The largest absolute Gasteiger partial charge is 2.00 e. The summed E-state index contributed by atoms with van der Waals surface area (Å²) in [5.41, 5.74) is 0. The van der Waals surface area contributed by atoms with Crippen LogP contribution >= 0.6 is 0 Å². The van der Waals surface area contributed by atoms with Crippen molar-refractivity contribution in [3.8, 4) is 0 Å². The van der Waals surface area contributed by atoms with Crippen LogP contribution in [0.4, 0.5) is 0 Å². The maximum atomic E-state index is 0. The van der Waals surface area contributed by atoms with Crippen LogP contribution in [0.15, 0.2) is 0 Å². The fraction of sp³-hybridized carbons (Fsp3) is 0. The molecule has 0 nitrogen and oxygen atoms in total. The molecule has 4 heteroatoms. The van der Waals surface area contributed by atoms with Crippen molar-refractivity contribution in [1.29, 1.82) is 0 Å². The minimum absolute atomic E-state index is 0. The molecule has 0 radical (unpaired) electrons. The molecule has 0 N–H and O–H groups in total. The Morgan fingerprint density at radius 2 is 0.750 bits per heavy atom. The van der Waals surface area contributed by atoms with Crippen LogP contribution < -0.4 is 99.3 Å². The van der Waals surface area contributed by atoms with Crippen LogP contribution in [0, 0.1) is 0 Å². The summed E-state index contributed by atoms with van der Waals surface area (Å²) in [6, 6.07) is 0. The van der Waals surface area contributed by atoms with Gasteiger partial charge in [0.05, 0.1) is 0 Å². The first-order chi connectivity index (χ1) is 0. The van der Waals surface area contributed by atoms with Gasteiger partial charge in [0.15, 0.2) is 0 Å². The third-order valence-electron chi connectivity index (χ3n) is 0. The van der Waals surface area contributed by atoms with E-state index in [1.807, 2.05) is 0 Å². The van der Waals surface area contributed by atoms with Crippen molar-refractivity contribution in [2.45, 2.75) is 0 Å². The molecule has 0 fully saturated rings. The standard InChI is InChI=1S/Cd.2HI.K/h;2*1H;/q+2;;;+1/p-2. The van der Waals surface area contributed by atoms with Crippen LogP contribution in [0.2, 0.25) is 0 Å². The van der Waals surface area contributed by atoms with Gasteiger partial charge in [0.25, 0.3) is 0 Å². The maximum absolute atomic E-state index is 0. The van der Waals surface area contributed by atoms with E-state index in [1.165, 1.54) is 0 Å². The van der Waals surface area contributed by atoms with E-state index >= 15 is 0 Å². The predicted molar refractivity (Wildman–Crippen MR) is 0 cm³/mol. The molecule has 0 heterocycles. The third-order valence-corrected chi connectivity index (χ3v) is 0. The number of halogens is 2. The fourth-order valence-electron chi connectivity index (χ4n) is 0. The summed E-state index contributed by atoms with van der Waals surface area (Å²) in [6.45, 7) is 0. The van der Waals surface area contributed by atoms with Crippen LogP contribution in [0.3, 0.4) is 0 Å². The van der Waals surface area contributed by atoms with E-state index in [2.05, 4.69) is 0 Å². The number of hydrogen-bond donors (Lipinski definition) is 0. The van der Waals surface area contributed by atoms with Gasteiger partial charge >= 0.3 is 78.7 Å². The fourth-order valence-corrected chi connectivity index (χ4v) is 0. The van der Waals surface area contributed by atoms with E-state index in [4.69, 9.17) is 0 Å². The van der Waals surface area contributed by atoms with Crippen LogP contribution in [-0.2, 0) is 27.3 Å². The smallest absolute Gasteiger partial charge is 1.00 e. The number of hydrogen-bond acceptors (Lipinski definition) is 0. The van der Waals surface area contributed by atoms with E-state index in [1.54, 1.807) is 0 Å². The van der Waals surface area contributed by atoms with Crippen LogP contribution in [-0.4, -0.2) is 0 Å². The average molecular weight is 405 g/mol. The molecule has 0 spiro atoms. The van der Waals surface area contributed by atoms with Crippen molar-refractivity contribution < 1.29 is 127 Å². The second-order valence-electron chi connectivity index (χ2n) is 0. The first kappa shape index (κ1) is 24.5. The molecule has 4 heavy (non-hydrogen) atoms. The third kappa shape index (κ3) is 9.39. The Hall–Kier alpha value is 4.02. The van der Waals surface area contributed by atoms with Crippen molar-refractivity contribution in [3.63, 3.8) is 0 Å². The molecule has 0 amide bonds. The van der Waals surface area contributed by atoms with Crippen LogP contribution in [0.5, 0.6) is 0 Å². The summed E-state index contributed by atoms with van der Waals surface area (Å²) in [4.78, 5) is 0. The molecule has 0 aliphatic heterocycles. The molecule has 0 bridgehead atoms. The summed E-state index contributed by atoms with van der Waals surface area (Å²) >= 11 is 0. The van der Waals surface area contributed by atoms with Crippen LogP contribution in [0.1, 0.15) is 0 Å². The van der Waals surface area contributed by atoms with Gasteiger partial charge in [-0.05, 0) is 0 Å². The molecule has 0 aromatic heterocycles. The molecular weight excluding hydrogens is 405 g/mol. The quantitative estimate of drug-likeness (QED) is 0.278. The number of rotatable bonds is 0. The normalized spacial score (nSPS) is 0. The first-order valence-corrected chi connectivity index (χ1v) is 0. The predicted octanol–water partition coefficient (Wildman–Crippen LogP) is -8.99. The van der Waals surface area contributed by atoms with Crippen molar-refractivity contribution in [3.05, 3.63) is 0 Å². The summed E-state index contributed by atoms with van der Waals surface area (Å²) in [5.74, 6) is 0. The van der Waals surface area contributed by atoms with Gasteiger partial charge in [0, 0.05) is 0 Å². The maximum Gasteiger partial charge on any atom is 2.00 e. The summed E-state index contributed by atoms with van der Waals surface area (Å²) in [6.07, 6.45) is 0. The zero-order valence-electron chi connectivity index (χ0n) is 2.46. The minimum atomic E-state index is 0. The second kappa shape index (κ2) is 15.7. The van der Waals surface area contributed by atoms with E-state index in [-0.39, 0.29) is 127 Å². The molecule has 0 aliphatic rings. The van der Waals surface area contributed by atoms with Gasteiger partial charge in [0.2, 0.25) is 0 Å². The second-order valence-corrected chi connectivity index (χ2v) is 0. The molecule has 0 saturated heterocycles. The van der Waals surface area contributed by atoms with E-state index in [0.29, 0.717) is 0 Å². The topological polar surface area (TPSA) is 0 Å². The summed E-state index contributed by atoms with van der Waals surface area (Å²) in [5, 5.41) is 0. The summed E-state index contributed by atoms with van der Waals surface area (Å²) < 4.78 is 0. The van der Waals surface area contributed by atoms with Crippen molar-refractivity contribution >= 4 is 0 Å². The zero-order chi connectivity index (χ0) is 0. The Morgan fingerprint density at radius 1 is 0.750 bits per heavy atom. The Bertz CT molecular complexity index is 6.00. The Labute approximate surface area is 123 Å². The van der Waals surface area contributed by atoms with Gasteiger partial charge in [-0.25, -0.2) is 0 Å². The van der Waals surface area contributed by atoms with Gasteiger partial charge in [-0.1, -0.05) is 0 Å². The average Bonchev–Trinajstić information content (AvgIpc) is 0. The zero-order valence-corrected chi connectivity index (χ0v) is 13.9. The summed E-state index contributed by atoms with van der Waals surface area (Å²) in [7, 11) is 0. The Morgan fingerprint density at radius 3 is 0.750 bits per heavy atom. The van der Waals surface area contributed by atoms with Crippen molar-refractivity contribution in [2.24, 2.45) is 0 Å². The molecule has 0 atom stereocenters. The monoisotopic (exact) mass is 407 g/mol. The molecule has 0 aromatic rings. The van der Waals surface area contributed by atoms with Gasteiger partial charge < -0.3 is 48.0 Å². The molecule has 0 unspecified atom stereocenters. The molecule has 0 aromatic carbocycles. The SMILES string of the molecule is [Cd+2].[I-].[I-].[K+]. The molecule has 0 rings (SSSR count). The van der Waals surface area contributed by atoms with Gasteiger partial charge in [-0.2, -0.15) is 0 Å².